The first-order valence-electron chi connectivity index (χ1n) is 6.65. The van der Waals surface area contributed by atoms with Gasteiger partial charge in [0, 0.05) is 23.3 Å². The summed E-state index contributed by atoms with van der Waals surface area (Å²) in [6, 6.07) is 6.06. The number of aromatic nitrogens is 1. The number of aliphatic hydroxyl groups excluding tert-OH is 1. The number of sulfonamides is 1. The predicted molar refractivity (Wildman–Crippen MR) is 82.2 cm³/mol. The Labute approximate surface area is 124 Å². The molecule has 0 saturated carbocycles. The quantitative estimate of drug-likeness (QED) is 0.721. The third-order valence-electron chi connectivity index (χ3n) is 3.11. The Kier molecular flexibility index (Phi) is 4.46. The van der Waals surface area contributed by atoms with Gasteiger partial charge in [-0.3, -0.25) is 4.98 Å². The van der Waals surface area contributed by atoms with Gasteiger partial charge in [0.1, 0.15) is 4.90 Å². The average molecular weight is 309 g/mol. The summed E-state index contributed by atoms with van der Waals surface area (Å²) in [4.78, 5) is 4.22. The molecule has 2 rings (SSSR count). The highest BCUT2D eigenvalue weighted by atomic mass is 32.2. The Morgan fingerprint density at radius 3 is 2.71 bits per heavy atom. The molecule has 2 unspecified atom stereocenters. The lowest BCUT2D eigenvalue weighted by Crippen LogP contribution is -2.34. The molecular formula is C14H19N3O3S. The summed E-state index contributed by atoms with van der Waals surface area (Å²) < 4.78 is 27.5. The molecule has 21 heavy (non-hydrogen) atoms. The van der Waals surface area contributed by atoms with E-state index in [1.165, 1.54) is 12.3 Å². The van der Waals surface area contributed by atoms with E-state index >= 15 is 0 Å². The van der Waals surface area contributed by atoms with Gasteiger partial charge in [0.05, 0.1) is 11.6 Å². The summed E-state index contributed by atoms with van der Waals surface area (Å²) in [5.41, 5.74) is 6.67. The number of nitrogen functional groups attached to an aromatic ring is 1. The molecule has 0 radical (unpaired) electrons. The number of fused-ring (bicyclic) bond motifs is 1. The van der Waals surface area contributed by atoms with E-state index in [1.54, 1.807) is 32.0 Å². The van der Waals surface area contributed by atoms with Gasteiger partial charge < -0.3 is 10.8 Å². The van der Waals surface area contributed by atoms with Gasteiger partial charge in [-0.1, -0.05) is 0 Å². The van der Waals surface area contributed by atoms with E-state index in [9.17, 15) is 13.5 Å². The molecule has 1 heterocycles. The summed E-state index contributed by atoms with van der Waals surface area (Å²) >= 11 is 0. The minimum absolute atomic E-state index is 0.0877. The van der Waals surface area contributed by atoms with E-state index in [-0.39, 0.29) is 10.9 Å². The van der Waals surface area contributed by atoms with Crippen molar-refractivity contribution >= 4 is 26.6 Å². The van der Waals surface area contributed by atoms with Crippen molar-refractivity contribution in [1.29, 1.82) is 0 Å². The number of hydrogen-bond acceptors (Lipinski definition) is 5. The Hall–Kier alpha value is -1.70. The van der Waals surface area contributed by atoms with Crippen LogP contribution >= 0.6 is 0 Å². The van der Waals surface area contributed by atoms with Crippen molar-refractivity contribution in [2.24, 2.45) is 0 Å². The second-order valence-electron chi connectivity index (χ2n) is 5.16. The summed E-state index contributed by atoms with van der Waals surface area (Å²) in [6.45, 7) is 3.32. The molecule has 0 amide bonds. The number of nitrogens with zero attached hydrogens (tertiary/aromatic N) is 1. The first-order chi connectivity index (χ1) is 9.81. The molecule has 4 N–H and O–H groups in total. The van der Waals surface area contributed by atoms with Gasteiger partial charge in [0.15, 0.2) is 0 Å². The lowest BCUT2D eigenvalue weighted by atomic mass is 10.2. The van der Waals surface area contributed by atoms with E-state index < -0.39 is 16.1 Å². The maximum Gasteiger partial charge on any atom is 0.242 e. The van der Waals surface area contributed by atoms with Crippen LogP contribution in [0.15, 0.2) is 35.4 Å². The van der Waals surface area contributed by atoms with Crippen molar-refractivity contribution in [1.82, 2.24) is 9.71 Å². The molecule has 2 atom stereocenters. The molecule has 0 aliphatic carbocycles. The second-order valence-corrected chi connectivity index (χ2v) is 6.84. The fourth-order valence-corrected chi connectivity index (χ4v) is 3.69. The van der Waals surface area contributed by atoms with Gasteiger partial charge in [-0.05, 0) is 44.5 Å². The minimum atomic E-state index is -3.73. The van der Waals surface area contributed by atoms with Crippen LogP contribution in [0.3, 0.4) is 0 Å². The van der Waals surface area contributed by atoms with E-state index in [0.717, 1.165) is 0 Å². The monoisotopic (exact) mass is 309 g/mol. The third kappa shape index (κ3) is 3.49. The third-order valence-corrected chi connectivity index (χ3v) is 4.73. The molecule has 0 bridgehead atoms. The standard InChI is InChI=1S/C14H19N3O3S/c1-9(8-10(2)18)17-21(19,20)13-6-5-12(15)11-4-3-7-16-14(11)13/h3-7,9-10,17-18H,8,15H2,1-2H3. The number of rotatable bonds is 5. The number of pyridine rings is 1. The van der Waals surface area contributed by atoms with Crippen LogP contribution in [-0.4, -0.2) is 30.7 Å². The highest BCUT2D eigenvalue weighted by Crippen LogP contribution is 2.26. The Morgan fingerprint density at radius 1 is 1.33 bits per heavy atom. The lowest BCUT2D eigenvalue weighted by Gasteiger charge is -2.16. The molecule has 0 aliphatic rings. The van der Waals surface area contributed by atoms with Crippen molar-refractivity contribution in [2.75, 3.05) is 5.73 Å². The fraction of sp³-hybridized carbons (Fsp3) is 0.357. The fourth-order valence-electron chi connectivity index (χ4n) is 2.27. The molecule has 0 aliphatic heterocycles. The van der Waals surface area contributed by atoms with Gasteiger partial charge in [-0.2, -0.15) is 0 Å². The van der Waals surface area contributed by atoms with Crippen molar-refractivity contribution in [3.63, 3.8) is 0 Å². The minimum Gasteiger partial charge on any atom is -0.398 e. The molecule has 6 nitrogen and oxygen atoms in total. The van der Waals surface area contributed by atoms with Crippen LogP contribution in [0.25, 0.3) is 10.9 Å². The molecule has 2 aromatic rings. The average Bonchev–Trinajstić information content (AvgIpc) is 2.37. The number of hydrogen-bond donors (Lipinski definition) is 3. The smallest absolute Gasteiger partial charge is 0.242 e. The topological polar surface area (TPSA) is 105 Å². The van der Waals surface area contributed by atoms with Crippen molar-refractivity contribution in [3.8, 4) is 0 Å². The van der Waals surface area contributed by atoms with Crippen LogP contribution in [0.2, 0.25) is 0 Å². The van der Waals surface area contributed by atoms with Crippen LogP contribution in [0.5, 0.6) is 0 Å². The van der Waals surface area contributed by atoms with Crippen molar-refractivity contribution in [2.45, 2.75) is 37.3 Å². The number of aliphatic hydroxyl groups is 1. The first-order valence-corrected chi connectivity index (χ1v) is 8.13. The van der Waals surface area contributed by atoms with Crippen LogP contribution in [0.4, 0.5) is 5.69 Å². The highest BCUT2D eigenvalue weighted by Gasteiger charge is 2.22. The van der Waals surface area contributed by atoms with Gasteiger partial charge in [-0.25, -0.2) is 13.1 Å². The number of nitrogens with two attached hydrogens (primary N) is 1. The van der Waals surface area contributed by atoms with Crippen LogP contribution < -0.4 is 10.5 Å². The summed E-state index contributed by atoms with van der Waals surface area (Å²) in [6.07, 6.45) is 1.28. The van der Waals surface area contributed by atoms with E-state index in [1.807, 2.05) is 0 Å². The van der Waals surface area contributed by atoms with Crippen LogP contribution in [0.1, 0.15) is 20.3 Å². The molecular weight excluding hydrogens is 290 g/mol. The van der Waals surface area contributed by atoms with Crippen molar-refractivity contribution in [3.05, 3.63) is 30.5 Å². The largest absolute Gasteiger partial charge is 0.398 e. The number of benzene rings is 1. The Bertz CT molecular complexity index is 744. The molecule has 0 saturated heterocycles. The summed E-state index contributed by atoms with van der Waals surface area (Å²) in [7, 11) is -3.73. The predicted octanol–water partition coefficient (Wildman–Crippen LogP) is 1.25. The summed E-state index contributed by atoms with van der Waals surface area (Å²) in [5, 5.41) is 9.94. The molecule has 0 spiro atoms. The van der Waals surface area contributed by atoms with E-state index in [0.29, 0.717) is 23.0 Å². The maximum atomic E-state index is 12.5. The summed E-state index contributed by atoms with van der Waals surface area (Å²) in [5.74, 6) is 0. The molecule has 0 fully saturated rings. The lowest BCUT2D eigenvalue weighted by molar-refractivity contribution is 0.175. The van der Waals surface area contributed by atoms with Crippen LogP contribution in [-0.2, 0) is 10.0 Å². The Balaban J connectivity index is 2.44. The van der Waals surface area contributed by atoms with Gasteiger partial charge in [0.25, 0.3) is 0 Å². The molecule has 114 valence electrons. The second kappa shape index (κ2) is 5.97. The van der Waals surface area contributed by atoms with Gasteiger partial charge in [0.2, 0.25) is 10.0 Å². The van der Waals surface area contributed by atoms with Gasteiger partial charge >= 0.3 is 0 Å². The van der Waals surface area contributed by atoms with E-state index in [4.69, 9.17) is 5.73 Å². The van der Waals surface area contributed by atoms with Crippen molar-refractivity contribution < 1.29 is 13.5 Å². The SMILES string of the molecule is CC(O)CC(C)NS(=O)(=O)c1ccc(N)c2cccnc12. The van der Waals surface area contributed by atoms with Gasteiger partial charge in [-0.15, -0.1) is 0 Å². The zero-order valence-corrected chi connectivity index (χ0v) is 12.8. The Morgan fingerprint density at radius 2 is 2.05 bits per heavy atom. The zero-order chi connectivity index (χ0) is 15.6. The maximum absolute atomic E-state index is 12.5. The van der Waals surface area contributed by atoms with E-state index in [2.05, 4.69) is 9.71 Å². The highest BCUT2D eigenvalue weighted by molar-refractivity contribution is 7.89. The number of nitrogens with one attached hydrogen (secondary N) is 1. The molecule has 1 aromatic carbocycles. The zero-order valence-electron chi connectivity index (χ0n) is 11.9. The normalized spacial score (nSPS) is 15.0. The number of anilines is 1. The van der Waals surface area contributed by atoms with Crippen LogP contribution in [0, 0.1) is 0 Å². The molecule has 7 heteroatoms. The molecule has 1 aromatic heterocycles. The first kappa shape index (κ1) is 15.7.